The molecule has 185 valence electrons. The van der Waals surface area contributed by atoms with Crippen molar-refractivity contribution < 1.29 is 34.4 Å². The molecule has 5 heteroatoms. The van der Waals surface area contributed by atoms with Crippen LogP contribution in [0.15, 0.2) is 70.8 Å². The van der Waals surface area contributed by atoms with Crippen LogP contribution in [-0.2, 0) is 30.3 Å². The van der Waals surface area contributed by atoms with Gasteiger partial charge in [-0.3, -0.25) is 9.78 Å². The molecule has 1 radical (unpaired) electrons. The van der Waals surface area contributed by atoms with Crippen molar-refractivity contribution in [2.75, 3.05) is 0 Å². The number of carbonyl (C=O) groups excluding carboxylic acids is 1. The average Bonchev–Trinajstić information content (AvgIpc) is 3.15. The van der Waals surface area contributed by atoms with Crippen LogP contribution >= 0.6 is 0 Å². The first-order valence-corrected chi connectivity index (χ1v) is 11.3. The largest absolute Gasteiger partial charge is 0.512 e. The van der Waals surface area contributed by atoms with Crippen LogP contribution in [0.3, 0.4) is 0 Å². The van der Waals surface area contributed by atoms with Gasteiger partial charge in [0.2, 0.25) is 0 Å². The predicted molar refractivity (Wildman–Crippen MR) is 139 cm³/mol. The van der Waals surface area contributed by atoms with E-state index in [-0.39, 0.29) is 37.1 Å². The fraction of sp³-hybridized carbons (Fsp3) is 0.267. The van der Waals surface area contributed by atoms with Gasteiger partial charge in [-0.15, -0.1) is 35.9 Å². The number of hydrogen-bond acceptors (Lipinski definition) is 4. The number of carbonyl (C=O) groups is 1. The number of rotatable bonds is 3. The number of allylic oxidation sites excluding steroid dienone is 2. The maximum atomic E-state index is 10.0. The molecule has 0 aliphatic carbocycles. The van der Waals surface area contributed by atoms with E-state index >= 15 is 0 Å². The molecular weight excluding hydrogens is 615 g/mol. The molecule has 0 aliphatic heterocycles. The number of fused-ring (bicyclic) bond motifs is 1. The quantitative estimate of drug-likeness (QED) is 0.140. The summed E-state index contributed by atoms with van der Waals surface area (Å²) in [6, 6.07) is 21.7. The molecule has 4 aromatic rings. The van der Waals surface area contributed by atoms with Crippen LogP contribution < -0.4 is 0 Å². The third-order valence-electron chi connectivity index (χ3n) is 5.42. The molecule has 0 saturated heterocycles. The van der Waals surface area contributed by atoms with Crippen molar-refractivity contribution in [2.24, 2.45) is 0 Å². The monoisotopic (exact) mass is 647 g/mol. The zero-order valence-electron chi connectivity index (χ0n) is 21.3. The van der Waals surface area contributed by atoms with Gasteiger partial charge in [-0.2, -0.15) is 0 Å². The molecule has 2 aromatic heterocycles. The summed E-state index contributed by atoms with van der Waals surface area (Å²) in [5.74, 6) is 0.814. The van der Waals surface area contributed by atoms with Crippen LogP contribution in [0.25, 0.3) is 33.7 Å². The van der Waals surface area contributed by atoms with Crippen molar-refractivity contribution in [2.45, 2.75) is 53.9 Å². The summed E-state index contributed by atoms with van der Waals surface area (Å²) >= 11 is 0. The Morgan fingerprint density at radius 1 is 1.03 bits per heavy atom. The van der Waals surface area contributed by atoms with Gasteiger partial charge in [0.15, 0.2) is 11.4 Å². The first-order chi connectivity index (χ1) is 16.0. The summed E-state index contributed by atoms with van der Waals surface area (Å²) in [7, 11) is 0. The standard InChI is InChI=1S/C25H24NO.C5H8O2.Ir/c1-16-13-19(25(3,4)5)14-17(2)24(16)23-15-21-22(27-23)12-11-20(26-21)18-9-7-6-8-10-18;1-4(6)3-5(2)7;/h6-9,11-15H,1-5H3;3,6H,1-2H3;/q-1;;/b;4-3-;. The van der Waals surface area contributed by atoms with E-state index < -0.39 is 0 Å². The molecule has 0 saturated carbocycles. The molecule has 35 heavy (non-hydrogen) atoms. The summed E-state index contributed by atoms with van der Waals surface area (Å²) in [4.78, 5) is 14.8. The molecule has 4 nitrogen and oxygen atoms in total. The smallest absolute Gasteiger partial charge is 0.155 e. The van der Waals surface area contributed by atoms with Gasteiger partial charge in [0.05, 0.1) is 11.3 Å². The third-order valence-corrected chi connectivity index (χ3v) is 5.42. The number of aromatic nitrogens is 1. The van der Waals surface area contributed by atoms with Gasteiger partial charge in [0.1, 0.15) is 5.76 Å². The Morgan fingerprint density at radius 3 is 2.17 bits per heavy atom. The Balaban J connectivity index is 0.000000476. The summed E-state index contributed by atoms with van der Waals surface area (Å²) in [6.45, 7) is 13.9. The minimum Gasteiger partial charge on any atom is -0.512 e. The Hall–Kier alpha value is -3.01. The molecule has 0 unspecified atom stereocenters. The Morgan fingerprint density at radius 2 is 1.69 bits per heavy atom. The maximum Gasteiger partial charge on any atom is 0.155 e. The van der Waals surface area contributed by atoms with Crippen molar-refractivity contribution in [3.05, 3.63) is 89.2 Å². The van der Waals surface area contributed by atoms with E-state index in [2.05, 4.69) is 52.8 Å². The SMILES string of the molecule is CC(=O)/C=C(/C)O.Cc1cc(C(C)(C)C)cc(C)c1-c1cc2nc(-c3[c-]cccc3)ccc2o1.[Ir]. The maximum absolute atomic E-state index is 10.0. The van der Waals surface area contributed by atoms with Crippen molar-refractivity contribution >= 4 is 16.9 Å². The number of aliphatic hydroxyl groups excluding tert-OH is 1. The number of benzene rings is 2. The second kappa shape index (κ2) is 11.6. The molecule has 2 heterocycles. The Bertz CT molecular complexity index is 1320. The van der Waals surface area contributed by atoms with E-state index in [1.54, 1.807) is 0 Å². The van der Waals surface area contributed by atoms with Crippen molar-refractivity contribution in [1.29, 1.82) is 0 Å². The number of nitrogens with zero attached hydrogens (tertiary/aromatic N) is 1. The number of aryl methyl sites for hydroxylation is 2. The Labute approximate surface area is 221 Å². The van der Waals surface area contributed by atoms with Crippen LogP contribution in [0.1, 0.15) is 51.3 Å². The number of hydrogen-bond donors (Lipinski definition) is 1. The molecule has 0 fully saturated rings. The topological polar surface area (TPSA) is 63.3 Å². The first kappa shape index (κ1) is 28.2. The van der Waals surface area contributed by atoms with E-state index in [0.717, 1.165) is 33.7 Å². The number of pyridine rings is 1. The van der Waals surface area contributed by atoms with Crippen LogP contribution in [0.5, 0.6) is 0 Å². The Kier molecular flexibility index (Phi) is 9.37. The van der Waals surface area contributed by atoms with Crippen LogP contribution in [0.2, 0.25) is 0 Å². The molecule has 4 rings (SSSR count). The summed E-state index contributed by atoms with van der Waals surface area (Å²) in [5.41, 5.74) is 8.68. The van der Waals surface area contributed by atoms with Gasteiger partial charge in [-0.1, -0.05) is 39.0 Å². The molecule has 0 spiro atoms. The van der Waals surface area contributed by atoms with E-state index in [0.29, 0.717) is 0 Å². The van der Waals surface area contributed by atoms with Crippen LogP contribution in [0, 0.1) is 19.9 Å². The van der Waals surface area contributed by atoms with Crippen LogP contribution in [-0.4, -0.2) is 15.9 Å². The second-order valence-electron chi connectivity index (χ2n) is 9.60. The summed E-state index contributed by atoms with van der Waals surface area (Å²) < 4.78 is 6.16. The van der Waals surface area contributed by atoms with E-state index in [9.17, 15) is 4.79 Å². The van der Waals surface area contributed by atoms with E-state index in [1.807, 2.05) is 42.5 Å². The zero-order chi connectivity index (χ0) is 25.0. The van der Waals surface area contributed by atoms with Crippen molar-refractivity contribution in [3.63, 3.8) is 0 Å². The first-order valence-electron chi connectivity index (χ1n) is 11.3. The fourth-order valence-electron chi connectivity index (χ4n) is 3.83. The van der Waals surface area contributed by atoms with E-state index in [4.69, 9.17) is 14.5 Å². The molecule has 0 amide bonds. The normalized spacial score (nSPS) is 11.5. The van der Waals surface area contributed by atoms with Gasteiger partial charge in [-0.25, -0.2) is 0 Å². The third kappa shape index (κ3) is 7.24. The zero-order valence-corrected chi connectivity index (χ0v) is 23.7. The molecule has 2 aromatic carbocycles. The van der Waals surface area contributed by atoms with Gasteiger partial charge >= 0.3 is 0 Å². The fourth-order valence-corrected chi connectivity index (χ4v) is 3.83. The number of furan rings is 1. The van der Waals surface area contributed by atoms with Crippen molar-refractivity contribution in [1.82, 2.24) is 4.98 Å². The minimum absolute atomic E-state index is 0. The second-order valence-corrected chi connectivity index (χ2v) is 9.60. The van der Waals surface area contributed by atoms with Gasteiger partial charge in [0, 0.05) is 37.8 Å². The summed E-state index contributed by atoms with van der Waals surface area (Å²) in [6.07, 6.45) is 1.17. The summed E-state index contributed by atoms with van der Waals surface area (Å²) in [5, 5.41) is 8.36. The average molecular weight is 647 g/mol. The molecule has 1 N–H and O–H groups in total. The number of aliphatic hydroxyl groups is 1. The number of ketones is 1. The van der Waals surface area contributed by atoms with Gasteiger partial charge in [0.25, 0.3) is 0 Å². The van der Waals surface area contributed by atoms with E-state index in [1.165, 1.54) is 36.6 Å². The minimum atomic E-state index is -0.125. The van der Waals surface area contributed by atoms with Gasteiger partial charge < -0.3 is 9.52 Å². The van der Waals surface area contributed by atoms with Crippen LogP contribution in [0.4, 0.5) is 0 Å². The molecule has 0 bridgehead atoms. The molecular formula is C30H32IrNO3-. The molecule has 0 atom stereocenters. The molecule has 0 aliphatic rings. The van der Waals surface area contributed by atoms with Gasteiger partial charge in [-0.05, 0) is 61.6 Å². The van der Waals surface area contributed by atoms with Crippen molar-refractivity contribution in [3.8, 4) is 22.6 Å². The predicted octanol–water partition coefficient (Wildman–Crippen LogP) is 7.91.